The van der Waals surface area contributed by atoms with Crippen LogP contribution in [0.4, 0.5) is 11.6 Å². The Labute approximate surface area is 241 Å². The molecule has 0 radical (unpaired) electrons. The molecular weight excluding hydrogens is 518 g/mol. The molecule has 0 saturated carbocycles. The Morgan fingerprint density at radius 3 is 2.51 bits per heavy atom. The van der Waals surface area contributed by atoms with Gasteiger partial charge in [-0.25, -0.2) is 4.98 Å². The number of esters is 1. The van der Waals surface area contributed by atoms with Crippen LogP contribution in [0.1, 0.15) is 83.0 Å². The SMILES string of the molecule is CCCn1cc(-c2nc(Nc3ccc(C(=O)NCCCCCCCC(=O)OC(C)(C)C)cc3)nc3[nH]ccc23)cn1. The number of ether oxygens (including phenoxy) is 1. The van der Waals surface area contributed by atoms with Gasteiger partial charge in [0.05, 0.1) is 11.9 Å². The third-order valence-corrected chi connectivity index (χ3v) is 6.44. The van der Waals surface area contributed by atoms with E-state index in [1.54, 1.807) is 12.1 Å². The third kappa shape index (κ3) is 8.89. The molecular formula is C31H41N7O3. The van der Waals surface area contributed by atoms with Crippen LogP contribution >= 0.6 is 0 Å². The highest BCUT2D eigenvalue weighted by atomic mass is 16.6. The second-order valence-corrected chi connectivity index (χ2v) is 11.2. The van der Waals surface area contributed by atoms with Gasteiger partial charge in [-0.05, 0) is 70.4 Å². The van der Waals surface area contributed by atoms with E-state index in [0.29, 0.717) is 24.5 Å². The Morgan fingerprint density at radius 2 is 1.76 bits per heavy atom. The first-order chi connectivity index (χ1) is 19.7. The number of amides is 1. The summed E-state index contributed by atoms with van der Waals surface area (Å²) in [5, 5.41) is 11.6. The molecule has 0 fully saturated rings. The number of unbranched alkanes of at least 4 members (excludes halogenated alkanes) is 4. The molecule has 3 aromatic heterocycles. The number of hydrogen-bond donors (Lipinski definition) is 3. The minimum absolute atomic E-state index is 0.100. The van der Waals surface area contributed by atoms with E-state index >= 15 is 0 Å². The monoisotopic (exact) mass is 559 g/mol. The Balaban J connectivity index is 1.23. The highest BCUT2D eigenvalue weighted by Gasteiger charge is 2.16. The van der Waals surface area contributed by atoms with Crippen LogP contribution in [-0.4, -0.2) is 48.8 Å². The second-order valence-electron chi connectivity index (χ2n) is 11.2. The number of anilines is 2. The van der Waals surface area contributed by atoms with Gasteiger partial charge in [0, 0.05) is 54.1 Å². The fourth-order valence-corrected chi connectivity index (χ4v) is 4.51. The Bertz CT molecular complexity index is 1430. The molecule has 0 unspecified atom stereocenters. The fraction of sp³-hybridized carbons (Fsp3) is 0.452. The molecule has 4 rings (SSSR count). The summed E-state index contributed by atoms with van der Waals surface area (Å²) in [4.78, 5) is 36.9. The lowest BCUT2D eigenvalue weighted by Crippen LogP contribution is -2.24. The maximum Gasteiger partial charge on any atom is 0.306 e. The van der Waals surface area contributed by atoms with Gasteiger partial charge in [-0.1, -0.05) is 26.2 Å². The van der Waals surface area contributed by atoms with Crippen molar-refractivity contribution in [2.45, 2.75) is 84.8 Å². The van der Waals surface area contributed by atoms with Crippen molar-refractivity contribution in [1.82, 2.24) is 30.0 Å². The standard InChI is InChI=1S/C31H41N7O3/c1-5-19-38-21-23(20-34-38)27-25-16-18-32-28(25)37-30(36-27)35-24-14-12-22(13-15-24)29(40)33-17-10-8-6-7-9-11-26(39)41-31(2,3)4/h12-16,18,20-21H,5-11,17,19H2,1-4H3,(H,33,40)(H2,32,35,36,37). The van der Waals surface area contributed by atoms with E-state index in [1.807, 2.05) is 62.2 Å². The van der Waals surface area contributed by atoms with E-state index in [0.717, 1.165) is 73.0 Å². The molecule has 0 bridgehead atoms. The molecule has 1 amide bonds. The first kappa shape index (κ1) is 29.8. The van der Waals surface area contributed by atoms with E-state index in [1.165, 1.54) is 0 Å². The summed E-state index contributed by atoms with van der Waals surface area (Å²) in [6.07, 6.45) is 11.9. The number of aromatic nitrogens is 5. The van der Waals surface area contributed by atoms with Crippen LogP contribution in [0, 0.1) is 0 Å². The number of carbonyl (C=O) groups excluding carboxylic acids is 2. The smallest absolute Gasteiger partial charge is 0.306 e. The molecule has 0 aliphatic heterocycles. The topological polar surface area (TPSA) is 127 Å². The number of benzene rings is 1. The molecule has 0 saturated heterocycles. The van der Waals surface area contributed by atoms with Crippen LogP contribution in [0.2, 0.25) is 0 Å². The van der Waals surface area contributed by atoms with Crippen LogP contribution in [0.15, 0.2) is 48.9 Å². The molecule has 10 heteroatoms. The number of nitrogens with zero attached hydrogens (tertiary/aromatic N) is 4. The van der Waals surface area contributed by atoms with E-state index < -0.39 is 5.60 Å². The number of nitrogens with one attached hydrogen (secondary N) is 3. The highest BCUT2D eigenvalue weighted by molar-refractivity contribution is 5.94. The van der Waals surface area contributed by atoms with Gasteiger partial charge in [-0.3, -0.25) is 14.3 Å². The molecule has 3 N–H and O–H groups in total. The van der Waals surface area contributed by atoms with Crippen molar-refractivity contribution in [3.63, 3.8) is 0 Å². The Kier molecular flexibility index (Phi) is 10.1. The van der Waals surface area contributed by atoms with Crippen molar-refractivity contribution in [2.75, 3.05) is 11.9 Å². The summed E-state index contributed by atoms with van der Waals surface area (Å²) in [5.41, 5.74) is 3.42. The van der Waals surface area contributed by atoms with Gasteiger partial charge in [-0.2, -0.15) is 10.1 Å². The molecule has 3 heterocycles. The van der Waals surface area contributed by atoms with E-state index in [4.69, 9.17) is 9.72 Å². The fourth-order valence-electron chi connectivity index (χ4n) is 4.51. The van der Waals surface area contributed by atoms with Crippen molar-refractivity contribution >= 4 is 34.5 Å². The van der Waals surface area contributed by atoms with Gasteiger partial charge in [0.15, 0.2) is 0 Å². The van der Waals surface area contributed by atoms with Crippen LogP contribution in [0.25, 0.3) is 22.3 Å². The zero-order chi connectivity index (χ0) is 29.2. The summed E-state index contributed by atoms with van der Waals surface area (Å²) >= 11 is 0. The maximum atomic E-state index is 12.6. The summed E-state index contributed by atoms with van der Waals surface area (Å²) in [6.45, 7) is 9.23. The average molecular weight is 560 g/mol. The molecule has 0 atom stereocenters. The van der Waals surface area contributed by atoms with Gasteiger partial charge in [0.2, 0.25) is 5.95 Å². The molecule has 0 aliphatic rings. The van der Waals surface area contributed by atoms with Crippen molar-refractivity contribution < 1.29 is 14.3 Å². The number of rotatable bonds is 14. The number of aromatic amines is 1. The van der Waals surface area contributed by atoms with Crippen LogP contribution < -0.4 is 10.6 Å². The third-order valence-electron chi connectivity index (χ3n) is 6.44. The van der Waals surface area contributed by atoms with Crippen molar-refractivity contribution in [3.05, 3.63) is 54.5 Å². The summed E-state index contributed by atoms with van der Waals surface area (Å²) < 4.78 is 7.25. The van der Waals surface area contributed by atoms with E-state index in [2.05, 4.69) is 32.6 Å². The van der Waals surface area contributed by atoms with Crippen LogP contribution in [0.3, 0.4) is 0 Å². The largest absolute Gasteiger partial charge is 0.460 e. The quantitative estimate of drug-likeness (QED) is 0.121. The molecule has 4 aromatic rings. The van der Waals surface area contributed by atoms with Gasteiger partial charge in [0.25, 0.3) is 5.91 Å². The van der Waals surface area contributed by atoms with Crippen LogP contribution in [0.5, 0.6) is 0 Å². The molecule has 10 nitrogen and oxygen atoms in total. The van der Waals surface area contributed by atoms with Gasteiger partial charge in [-0.15, -0.1) is 0 Å². The lowest BCUT2D eigenvalue weighted by atomic mass is 10.1. The normalized spacial score (nSPS) is 11.5. The maximum absolute atomic E-state index is 12.6. The first-order valence-corrected chi connectivity index (χ1v) is 14.5. The van der Waals surface area contributed by atoms with Crippen molar-refractivity contribution in [3.8, 4) is 11.3 Å². The van der Waals surface area contributed by atoms with Crippen LogP contribution in [-0.2, 0) is 16.1 Å². The Hall–Kier alpha value is -4.21. The zero-order valence-electron chi connectivity index (χ0n) is 24.5. The predicted molar refractivity (Wildman–Crippen MR) is 161 cm³/mol. The number of fused-ring (bicyclic) bond motifs is 1. The van der Waals surface area contributed by atoms with E-state index in [-0.39, 0.29) is 11.9 Å². The molecule has 0 aliphatic carbocycles. The van der Waals surface area contributed by atoms with Gasteiger partial charge < -0.3 is 20.4 Å². The zero-order valence-corrected chi connectivity index (χ0v) is 24.5. The predicted octanol–water partition coefficient (Wildman–Crippen LogP) is 6.39. The summed E-state index contributed by atoms with van der Waals surface area (Å²) in [6, 6.07) is 9.24. The molecule has 218 valence electrons. The lowest BCUT2D eigenvalue weighted by Gasteiger charge is -2.19. The van der Waals surface area contributed by atoms with Crippen molar-refractivity contribution in [1.29, 1.82) is 0 Å². The van der Waals surface area contributed by atoms with Gasteiger partial charge >= 0.3 is 5.97 Å². The second kappa shape index (κ2) is 13.9. The molecule has 1 aromatic carbocycles. The lowest BCUT2D eigenvalue weighted by molar-refractivity contribution is -0.154. The molecule has 0 spiro atoms. The van der Waals surface area contributed by atoms with E-state index in [9.17, 15) is 9.59 Å². The summed E-state index contributed by atoms with van der Waals surface area (Å²) in [5.74, 6) is 0.221. The number of hydrogen-bond acceptors (Lipinski definition) is 7. The highest BCUT2D eigenvalue weighted by Crippen LogP contribution is 2.27. The number of H-pyrrole nitrogens is 1. The number of aryl methyl sites for hydroxylation is 1. The van der Waals surface area contributed by atoms with Crippen molar-refractivity contribution in [2.24, 2.45) is 0 Å². The summed E-state index contributed by atoms with van der Waals surface area (Å²) in [7, 11) is 0. The average Bonchev–Trinajstić information content (AvgIpc) is 3.59. The molecule has 41 heavy (non-hydrogen) atoms. The first-order valence-electron chi connectivity index (χ1n) is 14.5. The van der Waals surface area contributed by atoms with Gasteiger partial charge in [0.1, 0.15) is 11.2 Å². The number of carbonyl (C=O) groups is 2. The Morgan fingerprint density at radius 1 is 1.00 bits per heavy atom. The minimum atomic E-state index is -0.428. The minimum Gasteiger partial charge on any atom is -0.460 e.